The zero-order chi connectivity index (χ0) is 15.2. The third-order valence-corrected chi connectivity index (χ3v) is 4.85. The van der Waals surface area contributed by atoms with Crippen LogP contribution in [0.1, 0.15) is 31.7 Å². The molecule has 1 amide bonds. The van der Waals surface area contributed by atoms with Gasteiger partial charge in [0.25, 0.3) is 0 Å². The predicted molar refractivity (Wildman–Crippen MR) is 97.5 cm³/mol. The van der Waals surface area contributed by atoms with Crippen LogP contribution in [0.3, 0.4) is 0 Å². The Morgan fingerprint density at radius 2 is 2.27 bits per heavy atom. The highest BCUT2D eigenvalue weighted by Crippen LogP contribution is 2.20. The van der Waals surface area contributed by atoms with Crippen molar-refractivity contribution in [2.45, 2.75) is 38.6 Å². The van der Waals surface area contributed by atoms with Crippen LogP contribution in [0.2, 0.25) is 0 Å². The largest absolute Gasteiger partial charge is 0.341 e. The van der Waals surface area contributed by atoms with Gasteiger partial charge in [-0.25, -0.2) is 0 Å². The first-order valence-corrected chi connectivity index (χ1v) is 8.63. The molecule has 1 aromatic rings. The molecule has 1 heterocycles. The number of nitrogens with zero attached hydrogens (tertiary/aromatic N) is 1. The van der Waals surface area contributed by atoms with Gasteiger partial charge in [0.05, 0.1) is 0 Å². The standard InChI is InChI=1S/C17H25BrN2O.ClH/c1-3-14(10-13-6-4-7-15(18)11-13)17(21)20-9-5-8-16(12-20)19-2;/h4,6-7,11,14,16,19H,3,5,8-10,12H2,1-2H3;1H. The van der Waals surface area contributed by atoms with Crippen molar-refractivity contribution < 1.29 is 4.79 Å². The fourth-order valence-corrected chi connectivity index (χ4v) is 3.47. The Bertz CT molecular complexity index is 483. The monoisotopic (exact) mass is 388 g/mol. The lowest BCUT2D eigenvalue weighted by molar-refractivity contribution is -0.137. The van der Waals surface area contributed by atoms with Gasteiger partial charge in [0, 0.05) is 29.5 Å². The van der Waals surface area contributed by atoms with E-state index in [9.17, 15) is 4.79 Å². The van der Waals surface area contributed by atoms with Crippen LogP contribution >= 0.6 is 28.3 Å². The average molecular weight is 390 g/mol. The number of piperidine rings is 1. The molecule has 1 aliphatic rings. The van der Waals surface area contributed by atoms with E-state index in [0.29, 0.717) is 11.9 Å². The van der Waals surface area contributed by atoms with E-state index in [1.807, 2.05) is 19.2 Å². The minimum absolute atomic E-state index is 0. The molecule has 0 aromatic heterocycles. The molecule has 0 bridgehead atoms. The van der Waals surface area contributed by atoms with Gasteiger partial charge in [-0.1, -0.05) is 35.0 Å². The number of benzene rings is 1. The Kier molecular flexibility index (Phi) is 8.44. The summed E-state index contributed by atoms with van der Waals surface area (Å²) in [6.07, 6.45) is 3.99. The Morgan fingerprint density at radius 1 is 1.50 bits per heavy atom. The molecular formula is C17H26BrClN2O. The number of hydrogen-bond acceptors (Lipinski definition) is 2. The number of likely N-dealkylation sites (tertiary alicyclic amines) is 1. The zero-order valence-electron chi connectivity index (χ0n) is 13.3. The average Bonchev–Trinajstić information content (AvgIpc) is 2.52. The molecule has 2 rings (SSSR count). The van der Waals surface area contributed by atoms with Crippen molar-refractivity contribution in [1.82, 2.24) is 10.2 Å². The van der Waals surface area contributed by atoms with Crippen LogP contribution in [0.15, 0.2) is 28.7 Å². The molecule has 2 atom stereocenters. The van der Waals surface area contributed by atoms with E-state index in [1.54, 1.807) is 0 Å². The van der Waals surface area contributed by atoms with Gasteiger partial charge in [-0.15, -0.1) is 12.4 Å². The predicted octanol–water partition coefficient (Wildman–Crippen LogP) is 3.65. The maximum Gasteiger partial charge on any atom is 0.226 e. The van der Waals surface area contributed by atoms with Gasteiger partial charge in [0.2, 0.25) is 5.91 Å². The molecule has 5 heteroatoms. The van der Waals surface area contributed by atoms with Crippen LogP contribution in [0.25, 0.3) is 0 Å². The summed E-state index contributed by atoms with van der Waals surface area (Å²) in [6, 6.07) is 8.73. The van der Waals surface area contributed by atoms with Gasteiger partial charge in [0.1, 0.15) is 0 Å². The highest BCUT2D eigenvalue weighted by atomic mass is 79.9. The molecule has 0 saturated carbocycles. The van der Waals surface area contributed by atoms with Crippen molar-refractivity contribution in [2.75, 3.05) is 20.1 Å². The van der Waals surface area contributed by atoms with Gasteiger partial charge in [-0.2, -0.15) is 0 Å². The van der Waals surface area contributed by atoms with Crippen LogP contribution in [-0.4, -0.2) is 37.0 Å². The van der Waals surface area contributed by atoms with Gasteiger partial charge in [-0.05, 0) is 50.4 Å². The topological polar surface area (TPSA) is 32.3 Å². The molecule has 22 heavy (non-hydrogen) atoms. The Morgan fingerprint density at radius 3 is 2.91 bits per heavy atom. The van der Waals surface area contributed by atoms with E-state index in [1.165, 1.54) is 12.0 Å². The van der Waals surface area contributed by atoms with Crippen molar-refractivity contribution in [1.29, 1.82) is 0 Å². The smallest absolute Gasteiger partial charge is 0.226 e. The molecule has 1 N–H and O–H groups in total. The molecule has 0 spiro atoms. The summed E-state index contributed by atoms with van der Waals surface area (Å²) in [7, 11) is 1.98. The van der Waals surface area contributed by atoms with Crippen LogP contribution in [0.4, 0.5) is 0 Å². The van der Waals surface area contributed by atoms with E-state index in [4.69, 9.17) is 0 Å². The SMILES string of the molecule is CCC(Cc1cccc(Br)c1)C(=O)N1CCCC(NC)C1.Cl. The lowest BCUT2D eigenvalue weighted by atomic mass is 9.94. The van der Waals surface area contributed by atoms with E-state index in [-0.39, 0.29) is 18.3 Å². The first-order chi connectivity index (χ1) is 10.1. The quantitative estimate of drug-likeness (QED) is 0.833. The lowest BCUT2D eigenvalue weighted by Crippen LogP contribution is -2.49. The summed E-state index contributed by atoms with van der Waals surface area (Å²) >= 11 is 3.50. The molecule has 0 aliphatic carbocycles. The number of carbonyl (C=O) groups excluding carboxylic acids is 1. The molecule has 1 aromatic carbocycles. The molecule has 1 saturated heterocycles. The molecule has 124 valence electrons. The molecule has 3 nitrogen and oxygen atoms in total. The summed E-state index contributed by atoms with van der Waals surface area (Å²) < 4.78 is 1.08. The van der Waals surface area contributed by atoms with Crippen molar-refractivity contribution in [3.8, 4) is 0 Å². The highest BCUT2D eigenvalue weighted by Gasteiger charge is 2.27. The van der Waals surface area contributed by atoms with Crippen molar-refractivity contribution in [2.24, 2.45) is 5.92 Å². The third kappa shape index (κ3) is 5.25. The molecule has 2 unspecified atom stereocenters. The number of nitrogens with one attached hydrogen (secondary N) is 1. The van der Waals surface area contributed by atoms with E-state index in [0.717, 1.165) is 36.8 Å². The number of likely N-dealkylation sites (N-methyl/N-ethyl adjacent to an activating group) is 1. The fraction of sp³-hybridized carbons (Fsp3) is 0.588. The second kappa shape index (κ2) is 9.53. The number of hydrogen-bond donors (Lipinski definition) is 1. The zero-order valence-corrected chi connectivity index (χ0v) is 15.8. The molecule has 0 radical (unpaired) electrons. The summed E-state index contributed by atoms with van der Waals surface area (Å²) in [4.78, 5) is 14.8. The number of halogens is 2. The van der Waals surface area contributed by atoms with Gasteiger partial charge >= 0.3 is 0 Å². The summed E-state index contributed by atoms with van der Waals surface area (Å²) in [5, 5.41) is 3.30. The van der Waals surface area contributed by atoms with Gasteiger partial charge in [0.15, 0.2) is 0 Å². The van der Waals surface area contributed by atoms with Crippen molar-refractivity contribution >= 4 is 34.2 Å². The molecule has 1 fully saturated rings. The molecular weight excluding hydrogens is 364 g/mol. The molecule has 1 aliphatic heterocycles. The van der Waals surface area contributed by atoms with Crippen molar-refractivity contribution in [3.05, 3.63) is 34.3 Å². The van der Waals surface area contributed by atoms with E-state index < -0.39 is 0 Å². The fourth-order valence-electron chi connectivity index (χ4n) is 3.03. The maximum absolute atomic E-state index is 12.8. The first-order valence-electron chi connectivity index (χ1n) is 7.84. The summed E-state index contributed by atoms with van der Waals surface area (Å²) in [5.74, 6) is 0.410. The summed E-state index contributed by atoms with van der Waals surface area (Å²) in [5.41, 5.74) is 1.23. The van der Waals surface area contributed by atoms with E-state index in [2.05, 4.69) is 45.2 Å². The number of rotatable bonds is 5. The van der Waals surface area contributed by atoms with Crippen LogP contribution < -0.4 is 5.32 Å². The lowest BCUT2D eigenvalue weighted by Gasteiger charge is -2.34. The van der Waals surface area contributed by atoms with Gasteiger partial charge < -0.3 is 10.2 Å². The normalized spacial score (nSPS) is 19.4. The van der Waals surface area contributed by atoms with E-state index >= 15 is 0 Å². The second-order valence-electron chi connectivity index (χ2n) is 5.85. The Labute approximate surface area is 148 Å². The Balaban J connectivity index is 0.00000242. The van der Waals surface area contributed by atoms with Crippen LogP contribution in [0, 0.1) is 5.92 Å². The summed E-state index contributed by atoms with van der Waals surface area (Å²) in [6.45, 7) is 3.87. The number of carbonyl (C=O) groups is 1. The minimum atomic E-state index is 0. The Hall–Kier alpha value is -0.580. The highest BCUT2D eigenvalue weighted by molar-refractivity contribution is 9.10. The minimum Gasteiger partial charge on any atom is -0.341 e. The van der Waals surface area contributed by atoms with Gasteiger partial charge in [-0.3, -0.25) is 4.79 Å². The second-order valence-corrected chi connectivity index (χ2v) is 6.77. The van der Waals surface area contributed by atoms with Crippen LogP contribution in [-0.2, 0) is 11.2 Å². The number of amides is 1. The van der Waals surface area contributed by atoms with Crippen molar-refractivity contribution in [3.63, 3.8) is 0 Å². The first kappa shape index (κ1) is 19.5. The third-order valence-electron chi connectivity index (χ3n) is 4.35. The maximum atomic E-state index is 12.8. The van der Waals surface area contributed by atoms with Crippen LogP contribution in [0.5, 0.6) is 0 Å².